The Bertz CT molecular complexity index is 187. The molecule has 0 aliphatic heterocycles. The Morgan fingerprint density at radius 2 is 2.08 bits per heavy atom. The third-order valence-corrected chi connectivity index (χ3v) is 2.94. The molecule has 0 saturated heterocycles. The number of hydrogen-bond acceptors (Lipinski definition) is 1. The van der Waals surface area contributed by atoms with E-state index >= 15 is 0 Å². The van der Waals surface area contributed by atoms with Crippen LogP contribution in [-0.4, -0.2) is 12.6 Å². The number of nitrogens with one attached hydrogen (secondary N) is 1. The average molecular weight is 179 g/mol. The normalized spacial score (nSPS) is 27.8. The third-order valence-electron chi connectivity index (χ3n) is 2.94. The van der Waals surface area contributed by atoms with E-state index in [0.717, 1.165) is 24.9 Å². The zero-order valence-corrected chi connectivity index (χ0v) is 8.90. The highest BCUT2D eigenvalue weighted by Gasteiger charge is 2.19. The minimum atomic E-state index is 0.757. The van der Waals surface area contributed by atoms with Gasteiger partial charge in [-0.3, -0.25) is 0 Å². The topological polar surface area (TPSA) is 12.0 Å². The van der Waals surface area contributed by atoms with Crippen molar-refractivity contribution in [2.75, 3.05) is 6.54 Å². The molecule has 74 valence electrons. The van der Waals surface area contributed by atoms with E-state index < -0.39 is 0 Å². The molecule has 0 heterocycles. The molecule has 0 aromatic carbocycles. The van der Waals surface area contributed by atoms with Crippen LogP contribution in [0.3, 0.4) is 0 Å². The highest BCUT2D eigenvalue weighted by atomic mass is 14.9. The molecule has 2 atom stereocenters. The molecule has 0 bridgehead atoms. The van der Waals surface area contributed by atoms with Crippen molar-refractivity contribution in [3.8, 4) is 11.8 Å². The van der Waals surface area contributed by atoms with Crippen molar-refractivity contribution in [2.45, 2.75) is 52.0 Å². The van der Waals surface area contributed by atoms with Crippen LogP contribution in [0.4, 0.5) is 0 Å². The monoisotopic (exact) mass is 179 g/mol. The molecular formula is C12H21N. The van der Waals surface area contributed by atoms with Crippen LogP contribution in [0.15, 0.2) is 0 Å². The molecule has 0 aromatic heterocycles. The number of rotatable bonds is 3. The highest BCUT2D eigenvalue weighted by molar-refractivity contribution is 4.95. The van der Waals surface area contributed by atoms with Gasteiger partial charge in [0.2, 0.25) is 0 Å². The van der Waals surface area contributed by atoms with Crippen LogP contribution >= 0.6 is 0 Å². The van der Waals surface area contributed by atoms with E-state index in [1.54, 1.807) is 0 Å². The lowest BCUT2D eigenvalue weighted by molar-refractivity contribution is 0.283. The smallest absolute Gasteiger partial charge is 0.0214 e. The van der Waals surface area contributed by atoms with Crippen molar-refractivity contribution in [1.82, 2.24) is 5.32 Å². The van der Waals surface area contributed by atoms with Crippen LogP contribution in [0.25, 0.3) is 0 Å². The van der Waals surface area contributed by atoms with Gasteiger partial charge in [0.25, 0.3) is 0 Å². The van der Waals surface area contributed by atoms with E-state index in [1.165, 1.54) is 25.7 Å². The van der Waals surface area contributed by atoms with E-state index in [1.807, 2.05) is 6.92 Å². The summed E-state index contributed by atoms with van der Waals surface area (Å²) in [5.41, 5.74) is 0. The van der Waals surface area contributed by atoms with Gasteiger partial charge in [-0.25, -0.2) is 0 Å². The van der Waals surface area contributed by atoms with Crippen molar-refractivity contribution >= 4 is 0 Å². The Labute approximate surface area is 82.3 Å². The Morgan fingerprint density at radius 1 is 1.31 bits per heavy atom. The zero-order chi connectivity index (χ0) is 9.52. The predicted molar refractivity (Wildman–Crippen MR) is 57.5 cm³/mol. The second-order valence-electron chi connectivity index (χ2n) is 4.00. The first-order chi connectivity index (χ1) is 6.34. The second kappa shape index (κ2) is 6.05. The van der Waals surface area contributed by atoms with E-state index in [4.69, 9.17) is 0 Å². The zero-order valence-electron chi connectivity index (χ0n) is 8.90. The number of hydrogen-bond donors (Lipinski definition) is 1. The fraction of sp³-hybridized carbons (Fsp3) is 0.833. The summed E-state index contributed by atoms with van der Waals surface area (Å²) in [5.74, 6) is 6.88. The summed E-state index contributed by atoms with van der Waals surface area (Å²) in [6.45, 7) is 5.33. The van der Waals surface area contributed by atoms with Crippen LogP contribution < -0.4 is 5.32 Å². The maximum absolute atomic E-state index is 3.60. The second-order valence-corrected chi connectivity index (χ2v) is 4.00. The van der Waals surface area contributed by atoms with Crippen LogP contribution in [-0.2, 0) is 0 Å². The molecule has 1 saturated carbocycles. The first kappa shape index (κ1) is 10.6. The summed E-state index contributed by atoms with van der Waals surface area (Å²) in [4.78, 5) is 0. The first-order valence-corrected chi connectivity index (χ1v) is 5.47. The van der Waals surface area contributed by atoms with Crippen LogP contribution in [0.2, 0.25) is 0 Å². The van der Waals surface area contributed by atoms with E-state index in [0.29, 0.717) is 0 Å². The standard InChI is InChI=1S/C12H21N/c1-3-4-7-10-13-12-9-6-5-8-11(12)2/h11-13H,5-10H2,1-2H3. The molecule has 1 nitrogen and oxygen atoms in total. The van der Waals surface area contributed by atoms with Crippen molar-refractivity contribution < 1.29 is 0 Å². The van der Waals surface area contributed by atoms with Gasteiger partial charge in [-0.05, 0) is 25.7 Å². The van der Waals surface area contributed by atoms with Gasteiger partial charge >= 0.3 is 0 Å². The maximum Gasteiger partial charge on any atom is 0.0214 e. The Hall–Kier alpha value is -0.480. The van der Waals surface area contributed by atoms with Gasteiger partial charge in [-0.2, -0.15) is 0 Å². The van der Waals surface area contributed by atoms with Gasteiger partial charge < -0.3 is 5.32 Å². The fourth-order valence-corrected chi connectivity index (χ4v) is 2.06. The van der Waals surface area contributed by atoms with Crippen LogP contribution in [0.1, 0.15) is 46.0 Å². The molecule has 1 heteroatoms. The quantitative estimate of drug-likeness (QED) is 0.518. The molecule has 1 fully saturated rings. The summed E-state index contributed by atoms with van der Waals surface area (Å²) in [6.07, 6.45) is 6.59. The lowest BCUT2D eigenvalue weighted by atomic mass is 9.86. The first-order valence-electron chi connectivity index (χ1n) is 5.47. The molecule has 2 unspecified atom stereocenters. The van der Waals surface area contributed by atoms with Gasteiger partial charge in [0.15, 0.2) is 0 Å². The molecule has 1 N–H and O–H groups in total. The molecule has 13 heavy (non-hydrogen) atoms. The molecule has 1 aliphatic carbocycles. The van der Waals surface area contributed by atoms with Crippen molar-refractivity contribution in [2.24, 2.45) is 5.92 Å². The van der Waals surface area contributed by atoms with Gasteiger partial charge in [0, 0.05) is 19.0 Å². The maximum atomic E-state index is 3.60. The molecule has 0 spiro atoms. The molecule has 0 aromatic rings. The SMILES string of the molecule is CC#CCCNC1CCCCC1C. The molecular weight excluding hydrogens is 158 g/mol. The largest absolute Gasteiger partial charge is 0.313 e. The molecule has 0 amide bonds. The minimum absolute atomic E-state index is 0.757. The molecule has 0 radical (unpaired) electrons. The highest BCUT2D eigenvalue weighted by Crippen LogP contribution is 2.23. The van der Waals surface area contributed by atoms with E-state index in [-0.39, 0.29) is 0 Å². The van der Waals surface area contributed by atoms with E-state index in [2.05, 4.69) is 24.1 Å². The summed E-state index contributed by atoms with van der Waals surface area (Å²) < 4.78 is 0. The summed E-state index contributed by atoms with van der Waals surface area (Å²) in [6, 6.07) is 0.757. The van der Waals surface area contributed by atoms with Crippen molar-refractivity contribution in [3.05, 3.63) is 0 Å². The molecule has 1 aliphatic rings. The van der Waals surface area contributed by atoms with E-state index in [9.17, 15) is 0 Å². The Kier molecular flexibility index (Phi) is 4.93. The minimum Gasteiger partial charge on any atom is -0.313 e. The van der Waals surface area contributed by atoms with Crippen LogP contribution in [0.5, 0.6) is 0 Å². The lowest BCUT2D eigenvalue weighted by Crippen LogP contribution is -2.37. The lowest BCUT2D eigenvalue weighted by Gasteiger charge is -2.29. The van der Waals surface area contributed by atoms with Crippen molar-refractivity contribution in [3.63, 3.8) is 0 Å². The van der Waals surface area contributed by atoms with Gasteiger partial charge in [-0.15, -0.1) is 11.8 Å². The fourth-order valence-electron chi connectivity index (χ4n) is 2.06. The van der Waals surface area contributed by atoms with Gasteiger partial charge in [-0.1, -0.05) is 19.8 Å². The summed E-state index contributed by atoms with van der Waals surface area (Å²) in [5, 5.41) is 3.60. The Balaban J connectivity index is 2.14. The average Bonchev–Trinajstić information content (AvgIpc) is 2.15. The third kappa shape index (κ3) is 3.83. The van der Waals surface area contributed by atoms with Crippen LogP contribution in [0, 0.1) is 17.8 Å². The van der Waals surface area contributed by atoms with Gasteiger partial charge in [0.1, 0.15) is 0 Å². The summed E-state index contributed by atoms with van der Waals surface area (Å²) in [7, 11) is 0. The summed E-state index contributed by atoms with van der Waals surface area (Å²) >= 11 is 0. The Morgan fingerprint density at radius 3 is 2.77 bits per heavy atom. The molecule has 1 rings (SSSR count). The van der Waals surface area contributed by atoms with Gasteiger partial charge in [0.05, 0.1) is 0 Å². The van der Waals surface area contributed by atoms with Crippen molar-refractivity contribution in [1.29, 1.82) is 0 Å². The predicted octanol–water partition coefficient (Wildman–Crippen LogP) is 2.57.